The monoisotopic (exact) mass is 414 g/mol. The van der Waals surface area contributed by atoms with Gasteiger partial charge >= 0.3 is 0 Å². The average molecular weight is 415 g/mol. The Hall–Kier alpha value is -0.700. The number of carbonyl (C=O) groups excluding carboxylic acids is 2. The topological polar surface area (TPSA) is 43.4 Å². The summed E-state index contributed by atoms with van der Waals surface area (Å²) in [6.45, 7) is 12.0. The Balaban J connectivity index is 1.38. The molecule has 0 amide bonds. The minimum atomic E-state index is 0.000784. The quantitative estimate of drug-likeness (QED) is 0.582. The van der Waals surface area contributed by atoms with Crippen LogP contribution >= 0.6 is 0 Å². The molecule has 0 bridgehead atoms. The van der Waals surface area contributed by atoms with Crippen LogP contribution in [-0.2, 0) is 14.3 Å². The molecule has 0 aromatic rings. The van der Waals surface area contributed by atoms with Crippen LogP contribution in [0.2, 0.25) is 0 Å². The van der Waals surface area contributed by atoms with Crippen LogP contribution in [0.1, 0.15) is 92.4 Å². The van der Waals surface area contributed by atoms with Gasteiger partial charge in [0.15, 0.2) is 0 Å². The second-order valence-electron chi connectivity index (χ2n) is 12.7. The van der Waals surface area contributed by atoms with E-state index >= 15 is 0 Å². The van der Waals surface area contributed by atoms with Gasteiger partial charge in [-0.05, 0) is 84.9 Å². The number of rotatable bonds is 3. The molecule has 3 nitrogen and oxygen atoms in total. The van der Waals surface area contributed by atoms with Gasteiger partial charge in [0.25, 0.3) is 0 Å². The number of hydrogen-bond donors (Lipinski definition) is 0. The van der Waals surface area contributed by atoms with Crippen molar-refractivity contribution in [1.29, 1.82) is 0 Å². The molecule has 0 aromatic carbocycles. The van der Waals surface area contributed by atoms with Gasteiger partial charge < -0.3 is 4.74 Å². The summed E-state index contributed by atoms with van der Waals surface area (Å²) < 4.78 is 6.73. The molecule has 168 valence electrons. The van der Waals surface area contributed by atoms with Gasteiger partial charge in [-0.25, -0.2) is 0 Å². The van der Waals surface area contributed by atoms with Crippen LogP contribution in [0.25, 0.3) is 0 Å². The van der Waals surface area contributed by atoms with Crippen LogP contribution in [0.15, 0.2) is 0 Å². The molecule has 0 aromatic heterocycles. The maximum Gasteiger partial charge on any atom is 0.137 e. The van der Waals surface area contributed by atoms with Crippen LogP contribution in [0.4, 0.5) is 0 Å². The van der Waals surface area contributed by atoms with Crippen molar-refractivity contribution in [3.05, 3.63) is 0 Å². The number of carbonyl (C=O) groups is 2. The first kappa shape index (κ1) is 21.2. The van der Waals surface area contributed by atoms with Gasteiger partial charge in [-0.1, -0.05) is 34.6 Å². The van der Waals surface area contributed by atoms with Crippen LogP contribution in [0.3, 0.4) is 0 Å². The molecule has 0 N–H and O–H groups in total. The fourth-order valence-corrected chi connectivity index (χ4v) is 9.35. The van der Waals surface area contributed by atoms with E-state index in [1.54, 1.807) is 0 Å². The molecule has 5 aliphatic rings. The van der Waals surface area contributed by atoms with E-state index in [2.05, 4.69) is 34.6 Å². The summed E-state index contributed by atoms with van der Waals surface area (Å²) in [5.74, 6) is 4.51. The van der Waals surface area contributed by atoms with E-state index in [-0.39, 0.29) is 11.3 Å². The molecule has 3 heteroatoms. The van der Waals surface area contributed by atoms with Crippen LogP contribution in [-0.4, -0.2) is 23.8 Å². The highest BCUT2D eigenvalue weighted by atomic mass is 16.5. The van der Waals surface area contributed by atoms with Crippen molar-refractivity contribution in [2.45, 2.75) is 105 Å². The molecule has 30 heavy (non-hydrogen) atoms. The third-order valence-corrected chi connectivity index (χ3v) is 10.9. The molecule has 0 spiro atoms. The van der Waals surface area contributed by atoms with Gasteiger partial charge in [-0.15, -0.1) is 0 Å². The molecule has 1 saturated heterocycles. The van der Waals surface area contributed by atoms with E-state index in [0.717, 1.165) is 25.2 Å². The zero-order chi connectivity index (χ0) is 21.4. The average Bonchev–Trinajstić information content (AvgIpc) is 3.15. The summed E-state index contributed by atoms with van der Waals surface area (Å²) in [5, 5.41) is 0. The zero-order valence-electron chi connectivity index (χ0n) is 19.8. The van der Waals surface area contributed by atoms with Crippen molar-refractivity contribution in [3.63, 3.8) is 0 Å². The Kier molecular flexibility index (Phi) is 5.05. The van der Waals surface area contributed by atoms with Crippen molar-refractivity contribution < 1.29 is 14.3 Å². The lowest BCUT2D eigenvalue weighted by Gasteiger charge is -2.59. The highest BCUT2D eigenvalue weighted by molar-refractivity contribution is 5.90. The van der Waals surface area contributed by atoms with Crippen molar-refractivity contribution in [3.8, 4) is 0 Å². The Morgan fingerprint density at radius 1 is 1.07 bits per heavy atom. The first-order chi connectivity index (χ1) is 14.1. The van der Waals surface area contributed by atoms with Gasteiger partial charge in [0.1, 0.15) is 11.6 Å². The number of ether oxygens (including phenoxy) is 1. The summed E-state index contributed by atoms with van der Waals surface area (Å²) in [7, 11) is 0. The standard InChI is InChI=1S/C27H42O3/c1-15(2)6-7-23-16(3)25-24(30-23)14-20-18-13-22(29)21-12-17(28)8-10-26(21,4)19(18)9-11-27(20,25)5/h15-16,18-21,23-25H,6-14H2,1-5H3/t16-,18-,19+,20+,21-,23?,24+,25+,26-,27+/m1/s1. The van der Waals surface area contributed by atoms with E-state index in [4.69, 9.17) is 4.74 Å². The third kappa shape index (κ3) is 2.93. The van der Waals surface area contributed by atoms with Crippen LogP contribution < -0.4 is 0 Å². The van der Waals surface area contributed by atoms with E-state index in [0.29, 0.717) is 71.6 Å². The molecule has 0 radical (unpaired) electrons. The third-order valence-electron chi connectivity index (χ3n) is 10.9. The van der Waals surface area contributed by atoms with Gasteiger partial charge in [-0.3, -0.25) is 9.59 Å². The lowest BCUT2D eigenvalue weighted by molar-refractivity contribution is -0.159. The fraction of sp³-hybridized carbons (Fsp3) is 0.926. The van der Waals surface area contributed by atoms with Crippen LogP contribution in [0, 0.1) is 52.3 Å². The smallest absolute Gasteiger partial charge is 0.137 e. The van der Waals surface area contributed by atoms with Gasteiger partial charge in [-0.2, -0.15) is 0 Å². The molecule has 1 heterocycles. The Morgan fingerprint density at radius 3 is 2.57 bits per heavy atom. The summed E-state index contributed by atoms with van der Waals surface area (Å²) in [6.07, 6.45) is 9.85. The number of ketones is 2. The lowest BCUT2D eigenvalue weighted by Crippen LogP contribution is -2.56. The number of fused-ring (bicyclic) bond motifs is 7. The highest BCUT2D eigenvalue weighted by Crippen LogP contribution is 2.69. The molecular weight excluding hydrogens is 372 g/mol. The van der Waals surface area contributed by atoms with Crippen LogP contribution in [0.5, 0.6) is 0 Å². The predicted octanol–water partition coefficient (Wildman–Crippen LogP) is 5.84. The minimum absolute atomic E-state index is 0.000784. The van der Waals surface area contributed by atoms with Crippen molar-refractivity contribution >= 4 is 11.6 Å². The predicted molar refractivity (Wildman–Crippen MR) is 118 cm³/mol. The summed E-state index contributed by atoms with van der Waals surface area (Å²) in [4.78, 5) is 25.4. The molecule has 1 aliphatic heterocycles. The molecule has 1 unspecified atom stereocenters. The maximum atomic E-state index is 13.3. The summed E-state index contributed by atoms with van der Waals surface area (Å²) in [5.41, 5.74) is 0.380. The summed E-state index contributed by atoms with van der Waals surface area (Å²) in [6, 6.07) is 0. The Labute approximate surface area is 183 Å². The second-order valence-corrected chi connectivity index (χ2v) is 12.7. The molecule has 4 aliphatic carbocycles. The highest BCUT2D eigenvalue weighted by Gasteiger charge is 2.66. The molecular formula is C27H42O3. The molecule has 10 atom stereocenters. The van der Waals surface area contributed by atoms with E-state index < -0.39 is 0 Å². The summed E-state index contributed by atoms with van der Waals surface area (Å²) >= 11 is 0. The largest absolute Gasteiger partial charge is 0.374 e. The molecule has 5 fully saturated rings. The van der Waals surface area contributed by atoms with E-state index in [1.807, 2.05) is 0 Å². The first-order valence-electron chi connectivity index (χ1n) is 12.8. The van der Waals surface area contributed by atoms with Gasteiger partial charge in [0.2, 0.25) is 0 Å². The molecule has 5 rings (SSSR count). The maximum absolute atomic E-state index is 13.3. The Morgan fingerprint density at radius 2 is 1.83 bits per heavy atom. The Bertz CT molecular complexity index is 728. The normalized spacial score (nSPS) is 52.7. The first-order valence-corrected chi connectivity index (χ1v) is 12.8. The number of Topliss-reactive ketones (excluding diaryl/α,β-unsaturated/α-hetero) is 2. The zero-order valence-corrected chi connectivity index (χ0v) is 19.8. The second kappa shape index (κ2) is 7.15. The van der Waals surface area contributed by atoms with Crippen molar-refractivity contribution in [1.82, 2.24) is 0 Å². The van der Waals surface area contributed by atoms with Crippen molar-refractivity contribution in [2.24, 2.45) is 52.3 Å². The van der Waals surface area contributed by atoms with Crippen molar-refractivity contribution in [2.75, 3.05) is 0 Å². The fourth-order valence-electron chi connectivity index (χ4n) is 9.35. The minimum Gasteiger partial charge on any atom is -0.374 e. The lowest BCUT2D eigenvalue weighted by atomic mass is 9.44. The molecule has 4 saturated carbocycles. The SMILES string of the molecule is CC(C)CCC1O[C@H]2C[C@H]3[C@@H]4CC(=O)[C@H]5CC(=O)CC[C@]5(C)[C@H]4CC[C@]3(C)[C@H]2[C@@H]1C. The van der Waals surface area contributed by atoms with Gasteiger partial charge in [0.05, 0.1) is 12.2 Å². The van der Waals surface area contributed by atoms with Gasteiger partial charge in [0, 0.05) is 25.2 Å². The van der Waals surface area contributed by atoms with E-state index in [9.17, 15) is 9.59 Å². The van der Waals surface area contributed by atoms with E-state index in [1.165, 1.54) is 25.7 Å². The number of hydrogen-bond acceptors (Lipinski definition) is 3.